The number of hydrogen-bond donors (Lipinski definition) is 1. The van der Waals surface area contributed by atoms with Crippen LogP contribution in [0.25, 0.3) is 0 Å². The van der Waals surface area contributed by atoms with E-state index in [4.69, 9.17) is 4.42 Å². The van der Waals surface area contributed by atoms with Crippen molar-refractivity contribution in [2.45, 2.75) is 32.9 Å². The molecule has 1 aromatic carbocycles. The number of rotatable bonds is 7. The topological polar surface area (TPSA) is 54.2 Å². The first-order valence-corrected chi connectivity index (χ1v) is 7.92. The second-order valence-electron chi connectivity index (χ2n) is 5.05. The number of benzene rings is 1. The zero-order chi connectivity index (χ0) is 15.2. The fourth-order valence-electron chi connectivity index (χ4n) is 1.95. The standard InChI is InChI=1S/C15H21BrN4O/c1-4-9-17-11(2)14-18-19-15(21-14)20(3)10-12-7-5-6-8-13(12)16/h5-8,11,17H,4,9-10H2,1-3H3. The lowest BCUT2D eigenvalue weighted by molar-refractivity contribution is 0.416. The Morgan fingerprint density at radius 1 is 1.33 bits per heavy atom. The molecule has 21 heavy (non-hydrogen) atoms. The van der Waals surface area contributed by atoms with Crippen LogP contribution in [0.1, 0.15) is 37.8 Å². The highest BCUT2D eigenvalue weighted by molar-refractivity contribution is 9.10. The zero-order valence-corrected chi connectivity index (χ0v) is 14.2. The third-order valence-electron chi connectivity index (χ3n) is 3.19. The van der Waals surface area contributed by atoms with Crippen molar-refractivity contribution < 1.29 is 4.42 Å². The van der Waals surface area contributed by atoms with Gasteiger partial charge in [0.2, 0.25) is 5.89 Å². The maximum Gasteiger partial charge on any atom is 0.318 e. The number of aromatic nitrogens is 2. The van der Waals surface area contributed by atoms with Crippen LogP contribution < -0.4 is 10.2 Å². The van der Waals surface area contributed by atoms with Crippen molar-refractivity contribution in [2.24, 2.45) is 0 Å². The molecule has 5 nitrogen and oxygen atoms in total. The van der Waals surface area contributed by atoms with E-state index in [-0.39, 0.29) is 6.04 Å². The van der Waals surface area contributed by atoms with Crippen molar-refractivity contribution in [1.82, 2.24) is 15.5 Å². The molecule has 0 aliphatic rings. The Kier molecular flexibility index (Phi) is 5.76. The van der Waals surface area contributed by atoms with Crippen LogP contribution in [0.2, 0.25) is 0 Å². The van der Waals surface area contributed by atoms with Gasteiger partial charge in [0, 0.05) is 18.1 Å². The Bertz CT molecular complexity index is 572. The SMILES string of the molecule is CCCNC(C)c1nnc(N(C)Cc2ccccc2Br)o1. The molecule has 0 aliphatic heterocycles. The summed E-state index contributed by atoms with van der Waals surface area (Å²) in [5.41, 5.74) is 1.18. The normalized spacial score (nSPS) is 12.4. The molecule has 0 fully saturated rings. The molecule has 1 N–H and O–H groups in total. The number of nitrogens with one attached hydrogen (secondary N) is 1. The molecule has 0 saturated heterocycles. The summed E-state index contributed by atoms with van der Waals surface area (Å²) in [6, 6.07) is 8.72. The number of hydrogen-bond acceptors (Lipinski definition) is 5. The van der Waals surface area contributed by atoms with Crippen molar-refractivity contribution >= 4 is 21.9 Å². The van der Waals surface area contributed by atoms with Gasteiger partial charge in [-0.2, -0.15) is 0 Å². The summed E-state index contributed by atoms with van der Waals surface area (Å²) in [6.07, 6.45) is 1.08. The van der Waals surface area contributed by atoms with E-state index in [2.05, 4.69) is 44.4 Å². The minimum Gasteiger partial charge on any atom is -0.406 e. The van der Waals surface area contributed by atoms with Gasteiger partial charge in [-0.15, -0.1) is 5.10 Å². The molecule has 1 unspecified atom stereocenters. The Labute approximate surface area is 133 Å². The summed E-state index contributed by atoms with van der Waals surface area (Å²) >= 11 is 3.55. The van der Waals surface area contributed by atoms with E-state index in [9.17, 15) is 0 Å². The van der Waals surface area contributed by atoms with Crippen LogP contribution >= 0.6 is 15.9 Å². The highest BCUT2D eigenvalue weighted by atomic mass is 79.9. The first-order valence-electron chi connectivity index (χ1n) is 7.13. The Balaban J connectivity index is 2.02. The van der Waals surface area contributed by atoms with Crippen molar-refractivity contribution in [3.8, 4) is 0 Å². The molecule has 0 saturated carbocycles. The molecule has 6 heteroatoms. The fourth-order valence-corrected chi connectivity index (χ4v) is 2.36. The van der Waals surface area contributed by atoms with E-state index >= 15 is 0 Å². The predicted octanol–water partition coefficient (Wildman–Crippen LogP) is 3.53. The molecule has 2 aromatic rings. The van der Waals surface area contributed by atoms with E-state index in [1.165, 1.54) is 5.56 Å². The molecule has 1 aromatic heterocycles. The number of anilines is 1. The van der Waals surface area contributed by atoms with Crippen LogP contribution in [0.4, 0.5) is 6.01 Å². The molecule has 1 atom stereocenters. The van der Waals surface area contributed by atoms with Gasteiger partial charge in [-0.05, 0) is 31.5 Å². The van der Waals surface area contributed by atoms with Crippen LogP contribution in [-0.4, -0.2) is 23.8 Å². The first-order chi connectivity index (χ1) is 10.1. The van der Waals surface area contributed by atoms with Gasteiger partial charge in [0.1, 0.15) is 0 Å². The average molecular weight is 353 g/mol. The second kappa shape index (κ2) is 7.56. The number of nitrogens with zero attached hydrogens (tertiary/aromatic N) is 3. The lowest BCUT2D eigenvalue weighted by atomic mass is 10.2. The molecule has 0 radical (unpaired) electrons. The molecule has 2 rings (SSSR count). The smallest absolute Gasteiger partial charge is 0.318 e. The van der Waals surface area contributed by atoms with Crippen molar-refractivity contribution in [3.63, 3.8) is 0 Å². The monoisotopic (exact) mass is 352 g/mol. The highest BCUT2D eigenvalue weighted by Crippen LogP contribution is 2.21. The van der Waals surface area contributed by atoms with Crippen LogP contribution in [0.3, 0.4) is 0 Å². The van der Waals surface area contributed by atoms with Crippen molar-refractivity contribution in [3.05, 3.63) is 40.2 Å². The largest absolute Gasteiger partial charge is 0.406 e. The molecule has 0 aliphatic carbocycles. The van der Waals surface area contributed by atoms with Gasteiger partial charge < -0.3 is 14.6 Å². The van der Waals surface area contributed by atoms with E-state index < -0.39 is 0 Å². The van der Waals surface area contributed by atoms with Gasteiger partial charge in [0.05, 0.1) is 6.04 Å². The lowest BCUT2D eigenvalue weighted by Gasteiger charge is -2.15. The molecular formula is C15H21BrN4O. The van der Waals surface area contributed by atoms with Gasteiger partial charge in [0.25, 0.3) is 0 Å². The maximum absolute atomic E-state index is 5.74. The molecular weight excluding hydrogens is 332 g/mol. The van der Waals surface area contributed by atoms with Crippen LogP contribution in [0, 0.1) is 0 Å². The van der Waals surface area contributed by atoms with Gasteiger partial charge in [-0.1, -0.05) is 46.2 Å². The van der Waals surface area contributed by atoms with Gasteiger partial charge in [-0.25, -0.2) is 0 Å². The zero-order valence-electron chi connectivity index (χ0n) is 12.6. The van der Waals surface area contributed by atoms with Crippen LogP contribution in [-0.2, 0) is 6.54 Å². The van der Waals surface area contributed by atoms with E-state index in [0.29, 0.717) is 18.5 Å². The third-order valence-corrected chi connectivity index (χ3v) is 3.97. The van der Waals surface area contributed by atoms with Gasteiger partial charge >= 0.3 is 6.01 Å². The quantitative estimate of drug-likeness (QED) is 0.825. The summed E-state index contributed by atoms with van der Waals surface area (Å²) in [7, 11) is 1.95. The molecule has 1 heterocycles. The lowest BCUT2D eigenvalue weighted by Crippen LogP contribution is -2.19. The third kappa shape index (κ3) is 4.28. The predicted molar refractivity (Wildman–Crippen MR) is 87.3 cm³/mol. The fraction of sp³-hybridized carbons (Fsp3) is 0.467. The maximum atomic E-state index is 5.74. The number of halogens is 1. The summed E-state index contributed by atoms with van der Waals surface area (Å²) in [4.78, 5) is 1.95. The first kappa shape index (κ1) is 16.0. The Morgan fingerprint density at radius 2 is 2.10 bits per heavy atom. The summed E-state index contributed by atoms with van der Waals surface area (Å²) in [6.45, 7) is 5.80. The van der Waals surface area contributed by atoms with E-state index in [1.807, 2.05) is 37.1 Å². The summed E-state index contributed by atoms with van der Waals surface area (Å²) in [5, 5.41) is 11.6. The van der Waals surface area contributed by atoms with E-state index in [0.717, 1.165) is 17.4 Å². The summed E-state index contributed by atoms with van der Waals surface area (Å²) in [5.74, 6) is 0.623. The molecule has 0 bridgehead atoms. The Hall–Kier alpha value is -1.40. The molecule has 0 amide bonds. The second-order valence-corrected chi connectivity index (χ2v) is 5.90. The molecule has 0 spiro atoms. The minimum atomic E-state index is 0.0723. The van der Waals surface area contributed by atoms with Crippen LogP contribution in [0.15, 0.2) is 33.2 Å². The van der Waals surface area contributed by atoms with Gasteiger partial charge in [-0.3, -0.25) is 0 Å². The summed E-state index contributed by atoms with van der Waals surface area (Å²) < 4.78 is 6.82. The highest BCUT2D eigenvalue weighted by Gasteiger charge is 2.16. The van der Waals surface area contributed by atoms with Crippen molar-refractivity contribution in [2.75, 3.05) is 18.5 Å². The van der Waals surface area contributed by atoms with Gasteiger partial charge in [0.15, 0.2) is 0 Å². The van der Waals surface area contributed by atoms with E-state index in [1.54, 1.807) is 0 Å². The minimum absolute atomic E-state index is 0.0723. The van der Waals surface area contributed by atoms with Crippen molar-refractivity contribution in [1.29, 1.82) is 0 Å². The Morgan fingerprint density at radius 3 is 2.81 bits per heavy atom. The molecule has 114 valence electrons. The average Bonchev–Trinajstić information content (AvgIpc) is 2.97. The van der Waals surface area contributed by atoms with Crippen LogP contribution in [0.5, 0.6) is 0 Å².